The van der Waals surface area contributed by atoms with Crippen molar-refractivity contribution in [3.8, 4) is 0 Å². The predicted octanol–water partition coefficient (Wildman–Crippen LogP) is 1.43. The molecule has 0 amide bonds. The smallest absolute Gasteiger partial charge is 0.328 e. The summed E-state index contributed by atoms with van der Waals surface area (Å²) in [5.41, 5.74) is 1.44. The van der Waals surface area contributed by atoms with E-state index in [-0.39, 0.29) is 0 Å². The Hall–Kier alpha value is -2.10. The lowest BCUT2D eigenvalue weighted by Gasteiger charge is -1.86. The highest BCUT2D eigenvalue weighted by Crippen LogP contribution is 2.05. The van der Waals surface area contributed by atoms with Gasteiger partial charge in [-0.2, -0.15) is 0 Å². The van der Waals surface area contributed by atoms with E-state index in [0.717, 1.165) is 11.7 Å². The number of carboxylic acids is 1. The van der Waals surface area contributed by atoms with Crippen LogP contribution in [0.5, 0.6) is 0 Å². The molecule has 0 aliphatic heterocycles. The van der Waals surface area contributed by atoms with E-state index in [1.54, 1.807) is 6.20 Å². The summed E-state index contributed by atoms with van der Waals surface area (Å²) >= 11 is 0. The van der Waals surface area contributed by atoms with Crippen LogP contribution >= 0.6 is 0 Å². The van der Waals surface area contributed by atoms with Crippen molar-refractivity contribution in [1.82, 2.24) is 9.38 Å². The molecule has 0 bridgehead atoms. The van der Waals surface area contributed by atoms with Gasteiger partial charge in [-0.05, 0) is 18.2 Å². The van der Waals surface area contributed by atoms with Crippen molar-refractivity contribution in [2.75, 3.05) is 0 Å². The van der Waals surface area contributed by atoms with Crippen molar-refractivity contribution in [3.05, 3.63) is 42.4 Å². The quantitative estimate of drug-likeness (QED) is 0.725. The number of aromatic nitrogens is 2. The zero-order valence-electron chi connectivity index (χ0n) is 7.29. The molecule has 0 saturated carbocycles. The van der Waals surface area contributed by atoms with Crippen molar-refractivity contribution in [2.45, 2.75) is 0 Å². The molecular weight excluding hydrogens is 180 g/mol. The number of hydrogen-bond acceptors (Lipinski definition) is 2. The Labute approximate surface area is 80.1 Å². The molecule has 0 radical (unpaired) electrons. The van der Waals surface area contributed by atoms with E-state index in [4.69, 9.17) is 5.11 Å². The summed E-state index contributed by atoms with van der Waals surface area (Å²) < 4.78 is 1.83. The first-order chi connectivity index (χ1) is 6.75. The van der Waals surface area contributed by atoms with Crippen molar-refractivity contribution in [2.24, 2.45) is 0 Å². The van der Waals surface area contributed by atoms with Crippen LogP contribution in [0.2, 0.25) is 0 Å². The molecule has 0 unspecified atom stereocenters. The first-order valence-electron chi connectivity index (χ1n) is 4.10. The Morgan fingerprint density at radius 1 is 1.50 bits per heavy atom. The van der Waals surface area contributed by atoms with Gasteiger partial charge in [0.15, 0.2) is 0 Å². The Bertz CT molecular complexity index is 467. The molecule has 2 aromatic rings. The standard InChI is InChI=1S/C10H8N2O2/c13-10(14)5-4-8-7-12-6-2-1-3-9(12)11-8/h1-7H,(H,13,14). The summed E-state index contributed by atoms with van der Waals surface area (Å²) in [7, 11) is 0. The molecule has 0 spiro atoms. The molecule has 0 atom stereocenters. The molecule has 1 N–H and O–H groups in total. The highest BCUT2D eigenvalue weighted by molar-refractivity contribution is 5.84. The summed E-state index contributed by atoms with van der Waals surface area (Å²) in [6.45, 7) is 0. The van der Waals surface area contributed by atoms with Crippen LogP contribution in [0.4, 0.5) is 0 Å². The van der Waals surface area contributed by atoms with Crippen molar-refractivity contribution in [3.63, 3.8) is 0 Å². The zero-order chi connectivity index (χ0) is 9.97. The molecule has 2 rings (SSSR count). The van der Waals surface area contributed by atoms with Gasteiger partial charge in [0, 0.05) is 18.5 Å². The molecule has 0 aromatic carbocycles. The maximum Gasteiger partial charge on any atom is 0.328 e. The molecular formula is C10H8N2O2. The number of carboxylic acid groups (broad SMARTS) is 1. The molecule has 0 aliphatic carbocycles. The highest BCUT2D eigenvalue weighted by Gasteiger charge is 1.96. The third kappa shape index (κ3) is 1.64. The van der Waals surface area contributed by atoms with Crippen molar-refractivity contribution >= 4 is 17.7 Å². The van der Waals surface area contributed by atoms with E-state index in [0.29, 0.717) is 5.69 Å². The average Bonchev–Trinajstić information content (AvgIpc) is 2.57. The molecule has 0 saturated heterocycles. The molecule has 70 valence electrons. The van der Waals surface area contributed by atoms with E-state index in [2.05, 4.69) is 4.98 Å². The lowest BCUT2D eigenvalue weighted by atomic mass is 10.4. The molecule has 0 fully saturated rings. The second-order valence-electron chi connectivity index (χ2n) is 2.80. The van der Waals surface area contributed by atoms with Gasteiger partial charge in [-0.25, -0.2) is 9.78 Å². The average molecular weight is 188 g/mol. The summed E-state index contributed by atoms with van der Waals surface area (Å²) in [6.07, 6.45) is 6.17. The van der Waals surface area contributed by atoms with Crippen molar-refractivity contribution < 1.29 is 9.90 Å². The number of aliphatic carboxylic acids is 1. The van der Waals surface area contributed by atoms with E-state index in [1.807, 2.05) is 28.8 Å². The fraction of sp³-hybridized carbons (Fsp3) is 0. The van der Waals surface area contributed by atoms with Gasteiger partial charge in [0.2, 0.25) is 0 Å². The van der Waals surface area contributed by atoms with Crippen LogP contribution in [0.1, 0.15) is 5.69 Å². The van der Waals surface area contributed by atoms with Gasteiger partial charge >= 0.3 is 5.97 Å². The van der Waals surface area contributed by atoms with Crippen LogP contribution in [0.3, 0.4) is 0 Å². The minimum absolute atomic E-state index is 0.638. The van der Waals surface area contributed by atoms with Gasteiger partial charge in [-0.1, -0.05) is 6.07 Å². The van der Waals surface area contributed by atoms with Gasteiger partial charge < -0.3 is 9.51 Å². The number of pyridine rings is 1. The topological polar surface area (TPSA) is 54.6 Å². The number of imidazole rings is 1. The largest absolute Gasteiger partial charge is 0.478 e. The summed E-state index contributed by atoms with van der Waals surface area (Å²) in [5, 5.41) is 8.43. The Morgan fingerprint density at radius 2 is 2.36 bits per heavy atom. The SMILES string of the molecule is O=C(O)C=Cc1cn2ccccc2n1. The number of fused-ring (bicyclic) bond motifs is 1. The molecule has 14 heavy (non-hydrogen) atoms. The molecule has 2 aromatic heterocycles. The van der Waals surface area contributed by atoms with Crippen LogP contribution in [0.25, 0.3) is 11.7 Å². The van der Waals surface area contributed by atoms with Gasteiger partial charge in [-0.3, -0.25) is 0 Å². The minimum Gasteiger partial charge on any atom is -0.478 e. The first kappa shape index (κ1) is 8.50. The summed E-state index contributed by atoms with van der Waals surface area (Å²) in [5.74, 6) is -0.970. The highest BCUT2D eigenvalue weighted by atomic mass is 16.4. The van der Waals surface area contributed by atoms with Crippen LogP contribution in [0, 0.1) is 0 Å². The molecule has 4 nitrogen and oxygen atoms in total. The van der Waals surface area contributed by atoms with E-state index in [9.17, 15) is 4.79 Å². The maximum absolute atomic E-state index is 10.3. The van der Waals surface area contributed by atoms with Crippen LogP contribution in [-0.2, 0) is 4.79 Å². The second kappa shape index (κ2) is 3.33. The lowest BCUT2D eigenvalue weighted by Crippen LogP contribution is -1.85. The van der Waals surface area contributed by atoms with E-state index in [1.165, 1.54) is 6.08 Å². The van der Waals surface area contributed by atoms with E-state index >= 15 is 0 Å². The normalized spacial score (nSPS) is 11.1. The summed E-state index contributed by atoms with van der Waals surface area (Å²) in [4.78, 5) is 14.5. The van der Waals surface area contributed by atoms with Gasteiger partial charge in [0.05, 0.1) is 5.69 Å². The summed E-state index contributed by atoms with van der Waals surface area (Å²) in [6, 6.07) is 5.63. The zero-order valence-corrected chi connectivity index (χ0v) is 7.29. The monoisotopic (exact) mass is 188 g/mol. The molecule has 4 heteroatoms. The van der Waals surface area contributed by atoms with Crippen LogP contribution < -0.4 is 0 Å². The fourth-order valence-corrected chi connectivity index (χ4v) is 1.19. The Kier molecular flexibility index (Phi) is 2.02. The minimum atomic E-state index is -0.970. The predicted molar refractivity (Wildman–Crippen MR) is 51.9 cm³/mol. The van der Waals surface area contributed by atoms with Gasteiger partial charge in [-0.15, -0.1) is 0 Å². The Morgan fingerprint density at radius 3 is 3.07 bits per heavy atom. The lowest BCUT2D eigenvalue weighted by molar-refractivity contribution is -0.131. The number of carbonyl (C=O) groups is 1. The third-order valence-electron chi connectivity index (χ3n) is 1.78. The number of hydrogen-bond donors (Lipinski definition) is 1. The van der Waals surface area contributed by atoms with Crippen LogP contribution in [-0.4, -0.2) is 20.5 Å². The third-order valence-corrected chi connectivity index (χ3v) is 1.78. The van der Waals surface area contributed by atoms with E-state index < -0.39 is 5.97 Å². The fourth-order valence-electron chi connectivity index (χ4n) is 1.19. The second-order valence-corrected chi connectivity index (χ2v) is 2.80. The molecule has 2 heterocycles. The first-order valence-corrected chi connectivity index (χ1v) is 4.10. The van der Waals surface area contributed by atoms with Crippen molar-refractivity contribution in [1.29, 1.82) is 0 Å². The number of nitrogens with zero attached hydrogens (tertiary/aromatic N) is 2. The Balaban J connectivity index is 2.40. The number of rotatable bonds is 2. The molecule has 0 aliphatic rings. The van der Waals surface area contributed by atoms with Gasteiger partial charge in [0.25, 0.3) is 0 Å². The maximum atomic E-state index is 10.3. The van der Waals surface area contributed by atoms with Gasteiger partial charge in [0.1, 0.15) is 5.65 Å². The van der Waals surface area contributed by atoms with Crippen LogP contribution in [0.15, 0.2) is 36.7 Å².